The van der Waals surface area contributed by atoms with Gasteiger partial charge in [0.05, 0.1) is 0 Å². The first kappa shape index (κ1) is 17.0. The minimum atomic E-state index is -0.561. The van der Waals surface area contributed by atoms with Crippen molar-refractivity contribution in [3.8, 4) is 0 Å². The zero-order valence-electron chi connectivity index (χ0n) is 15.5. The molecule has 4 nitrogen and oxygen atoms in total. The van der Waals surface area contributed by atoms with Crippen LogP contribution < -0.4 is 0 Å². The van der Waals surface area contributed by atoms with Crippen molar-refractivity contribution < 1.29 is 19.1 Å². The highest BCUT2D eigenvalue weighted by molar-refractivity contribution is 5.92. The third kappa shape index (κ3) is 2.36. The molecule has 0 saturated heterocycles. The first-order valence-electron chi connectivity index (χ1n) is 9.69. The van der Waals surface area contributed by atoms with E-state index in [4.69, 9.17) is 4.74 Å². The van der Waals surface area contributed by atoms with Crippen LogP contribution in [0.5, 0.6) is 0 Å². The zero-order valence-corrected chi connectivity index (χ0v) is 15.5. The van der Waals surface area contributed by atoms with Gasteiger partial charge in [0.1, 0.15) is 0 Å². The molecule has 3 saturated carbocycles. The molecule has 0 spiro atoms. The van der Waals surface area contributed by atoms with Crippen molar-refractivity contribution in [3.63, 3.8) is 0 Å². The number of hydrogen-bond donors (Lipinski definition) is 0. The fraction of sp³-hybridized carbons (Fsp3) is 0.762. The van der Waals surface area contributed by atoms with Gasteiger partial charge in [-0.05, 0) is 61.3 Å². The molecule has 4 heteroatoms. The van der Waals surface area contributed by atoms with E-state index in [9.17, 15) is 14.4 Å². The molecular weight excluding hydrogens is 316 g/mol. The molecule has 6 atom stereocenters. The standard InChI is InChI=1S/C21H28O4/c1-12(22)25-19-18(24)11-17-15-5-4-13-10-14(23)6-8-20(13,2)16(15)7-9-21(17,19)3/h10,15-17,19H,4-9,11H2,1-3H3/t15-,16+,17+,19?,20+,21+/m1/s1. The summed E-state index contributed by atoms with van der Waals surface area (Å²) in [5.41, 5.74) is 1.24. The average Bonchev–Trinajstić information content (AvgIpc) is 2.79. The van der Waals surface area contributed by atoms with Crippen molar-refractivity contribution in [2.75, 3.05) is 0 Å². The van der Waals surface area contributed by atoms with E-state index in [-0.39, 0.29) is 28.4 Å². The fourth-order valence-electron chi connectivity index (χ4n) is 6.67. The summed E-state index contributed by atoms with van der Waals surface area (Å²) in [7, 11) is 0. The van der Waals surface area contributed by atoms with E-state index >= 15 is 0 Å². The zero-order chi connectivity index (χ0) is 18.0. The Kier molecular flexibility index (Phi) is 3.75. The smallest absolute Gasteiger partial charge is 0.303 e. The van der Waals surface area contributed by atoms with Crippen LogP contribution in [0, 0.1) is 28.6 Å². The molecule has 0 aromatic carbocycles. The first-order valence-corrected chi connectivity index (χ1v) is 9.69. The number of carbonyl (C=O) groups excluding carboxylic acids is 3. The monoisotopic (exact) mass is 344 g/mol. The maximum Gasteiger partial charge on any atom is 0.303 e. The van der Waals surface area contributed by atoms with Crippen LogP contribution in [0.1, 0.15) is 65.7 Å². The highest BCUT2D eigenvalue weighted by Crippen LogP contribution is 2.65. The third-order valence-electron chi connectivity index (χ3n) is 8.00. The number of fused-ring (bicyclic) bond motifs is 5. The van der Waals surface area contributed by atoms with Crippen LogP contribution >= 0.6 is 0 Å². The second kappa shape index (κ2) is 5.52. The van der Waals surface area contributed by atoms with E-state index in [1.54, 1.807) is 0 Å². The quantitative estimate of drug-likeness (QED) is 0.682. The van der Waals surface area contributed by atoms with E-state index in [1.165, 1.54) is 12.5 Å². The summed E-state index contributed by atoms with van der Waals surface area (Å²) < 4.78 is 5.48. The lowest BCUT2D eigenvalue weighted by molar-refractivity contribution is -0.161. The van der Waals surface area contributed by atoms with Gasteiger partial charge in [-0.3, -0.25) is 14.4 Å². The van der Waals surface area contributed by atoms with Gasteiger partial charge in [-0.25, -0.2) is 0 Å². The van der Waals surface area contributed by atoms with E-state index < -0.39 is 6.10 Å². The van der Waals surface area contributed by atoms with Gasteiger partial charge < -0.3 is 4.74 Å². The van der Waals surface area contributed by atoms with Crippen LogP contribution in [-0.2, 0) is 19.1 Å². The lowest BCUT2D eigenvalue weighted by atomic mass is 9.47. The summed E-state index contributed by atoms with van der Waals surface area (Å²) in [4.78, 5) is 36.0. The van der Waals surface area contributed by atoms with Gasteiger partial charge in [0.25, 0.3) is 0 Å². The molecule has 3 fully saturated rings. The van der Waals surface area contributed by atoms with E-state index in [0.717, 1.165) is 32.1 Å². The Balaban J connectivity index is 1.66. The summed E-state index contributed by atoms with van der Waals surface area (Å²) >= 11 is 0. The summed E-state index contributed by atoms with van der Waals surface area (Å²) in [5, 5.41) is 0. The molecule has 0 radical (unpaired) electrons. The van der Waals surface area contributed by atoms with Gasteiger partial charge in [-0.15, -0.1) is 0 Å². The molecule has 0 aromatic rings. The molecule has 4 aliphatic rings. The topological polar surface area (TPSA) is 60.4 Å². The van der Waals surface area contributed by atoms with Crippen molar-refractivity contribution >= 4 is 17.5 Å². The van der Waals surface area contributed by atoms with Crippen molar-refractivity contribution in [3.05, 3.63) is 11.6 Å². The Labute approximate surface area is 149 Å². The Morgan fingerprint density at radius 1 is 1.12 bits per heavy atom. The molecule has 4 rings (SSSR count). The summed E-state index contributed by atoms with van der Waals surface area (Å²) in [6, 6.07) is 0. The predicted octanol–water partition coefficient (Wildman–Crippen LogP) is 3.63. The van der Waals surface area contributed by atoms with Crippen molar-refractivity contribution in [1.29, 1.82) is 0 Å². The summed E-state index contributed by atoms with van der Waals surface area (Å²) in [5.74, 6) is 1.38. The van der Waals surface area contributed by atoms with Gasteiger partial charge in [0, 0.05) is 25.2 Å². The fourth-order valence-corrected chi connectivity index (χ4v) is 6.67. The molecule has 0 amide bonds. The van der Waals surface area contributed by atoms with E-state index in [2.05, 4.69) is 13.8 Å². The molecule has 0 aliphatic heterocycles. The van der Waals surface area contributed by atoms with Crippen LogP contribution in [0.15, 0.2) is 11.6 Å². The number of hydrogen-bond acceptors (Lipinski definition) is 4. The molecule has 0 bridgehead atoms. The highest BCUT2D eigenvalue weighted by Gasteiger charge is 2.62. The first-order chi connectivity index (χ1) is 11.8. The Morgan fingerprint density at radius 3 is 2.60 bits per heavy atom. The SMILES string of the molecule is CC(=O)OC1C(=O)C[C@H]2[C@@H]3CCC4=CC(=O)CC[C@]4(C)[C@H]3CC[C@]12C. The maximum atomic E-state index is 12.6. The van der Waals surface area contributed by atoms with Gasteiger partial charge in [0.2, 0.25) is 0 Å². The largest absolute Gasteiger partial charge is 0.454 e. The molecule has 4 aliphatic carbocycles. The highest BCUT2D eigenvalue weighted by atomic mass is 16.5. The number of rotatable bonds is 1. The minimum Gasteiger partial charge on any atom is -0.454 e. The average molecular weight is 344 g/mol. The Bertz CT molecular complexity index is 677. The molecule has 136 valence electrons. The predicted molar refractivity (Wildman–Crippen MR) is 92.7 cm³/mol. The normalized spacial score (nSPS) is 46.0. The molecule has 0 N–H and O–H groups in total. The van der Waals surface area contributed by atoms with Crippen LogP contribution in [0.2, 0.25) is 0 Å². The molecule has 25 heavy (non-hydrogen) atoms. The lowest BCUT2D eigenvalue weighted by Gasteiger charge is -2.57. The molecule has 0 heterocycles. The Morgan fingerprint density at radius 2 is 1.88 bits per heavy atom. The van der Waals surface area contributed by atoms with Crippen LogP contribution in [0.25, 0.3) is 0 Å². The Hall–Kier alpha value is -1.45. The van der Waals surface area contributed by atoms with Crippen LogP contribution in [-0.4, -0.2) is 23.6 Å². The van der Waals surface area contributed by atoms with Crippen molar-refractivity contribution in [2.45, 2.75) is 71.8 Å². The van der Waals surface area contributed by atoms with E-state index in [1.807, 2.05) is 6.08 Å². The van der Waals surface area contributed by atoms with E-state index in [0.29, 0.717) is 30.6 Å². The third-order valence-corrected chi connectivity index (χ3v) is 8.00. The summed E-state index contributed by atoms with van der Waals surface area (Å²) in [6.45, 7) is 5.89. The second-order valence-corrected chi connectivity index (χ2v) is 9.17. The number of ketones is 2. The van der Waals surface area contributed by atoms with Crippen molar-refractivity contribution in [1.82, 2.24) is 0 Å². The van der Waals surface area contributed by atoms with Gasteiger partial charge in [-0.1, -0.05) is 19.4 Å². The van der Waals surface area contributed by atoms with Gasteiger partial charge >= 0.3 is 5.97 Å². The van der Waals surface area contributed by atoms with Gasteiger partial charge in [-0.2, -0.15) is 0 Å². The number of carbonyl (C=O) groups is 3. The minimum absolute atomic E-state index is 0.105. The summed E-state index contributed by atoms with van der Waals surface area (Å²) in [6.07, 6.45) is 7.52. The number of esters is 1. The molecule has 0 aromatic heterocycles. The van der Waals surface area contributed by atoms with Crippen molar-refractivity contribution in [2.24, 2.45) is 28.6 Å². The van der Waals surface area contributed by atoms with Gasteiger partial charge in [0.15, 0.2) is 17.7 Å². The number of ether oxygens (including phenoxy) is 1. The van der Waals surface area contributed by atoms with Crippen LogP contribution in [0.4, 0.5) is 0 Å². The molecular formula is C21H28O4. The lowest BCUT2D eigenvalue weighted by Crippen LogP contribution is -2.51. The molecule has 1 unspecified atom stereocenters. The number of Topliss-reactive ketones (excluding diaryl/α,β-unsaturated/α-hetero) is 1. The second-order valence-electron chi connectivity index (χ2n) is 9.17. The maximum absolute atomic E-state index is 12.6. The number of allylic oxidation sites excluding steroid dienone is 1. The van der Waals surface area contributed by atoms with Crippen LogP contribution in [0.3, 0.4) is 0 Å².